The Morgan fingerprint density at radius 2 is 1.11 bits per heavy atom. The van der Waals surface area contributed by atoms with E-state index in [4.69, 9.17) is 5.26 Å². The van der Waals surface area contributed by atoms with Crippen LogP contribution in [0.3, 0.4) is 0 Å². The zero-order valence-electron chi connectivity index (χ0n) is 19.7. The molecule has 0 fully saturated rings. The molecule has 0 aliphatic heterocycles. The van der Waals surface area contributed by atoms with Crippen molar-refractivity contribution in [1.29, 1.82) is 5.26 Å². The minimum absolute atomic E-state index is 1.03. The topological polar surface area (TPSA) is 27.0 Å². The number of hydrogen-bond acceptors (Lipinski definition) is 3. The van der Waals surface area contributed by atoms with Crippen LogP contribution >= 0.6 is 11.3 Å². The third-order valence-electron chi connectivity index (χ3n) is 5.79. The Morgan fingerprint density at radius 1 is 0.556 bits per heavy atom. The second kappa shape index (κ2) is 11.2. The lowest BCUT2D eigenvalue weighted by Crippen LogP contribution is -2.09. The third kappa shape index (κ3) is 5.52. The van der Waals surface area contributed by atoms with Gasteiger partial charge in [-0.05, 0) is 77.4 Å². The van der Waals surface area contributed by atoms with Gasteiger partial charge < -0.3 is 4.90 Å². The predicted octanol–water partition coefficient (Wildman–Crippen LogP) is 9.59. The highest BCUT2D eigenvalue weighted by atomic mass is 32.1. The molecule has 0 spiro atoms. The number of hydrogen-bond donors (Lipinski definition) is 0. The average Bonchev–Trinajstić information content (AvgIpc) is 3.42. The van der Waals surface area contributed by atoms with Crippen molar-refractivity contribution in [1.82, 2.24) is 0 Å². The van der Waals surface area contributed by atoms with E-state index in [0.29, 0.717) is 0 Å². The van der Waals surface area contributed by atoms with Gasteiger partial charge in [0.05, 0.1) is 6.07 Å². The monoisotopic (exact) mass is 480 g/mol. The molecule has 4 aromatic carbocycles. The van der Waals surface area contributed by atoms with Crippen molar-refractivity contribution in [3.05, 3.63) is 143 Å². The maximum absolute atomic E-state index is 8.68. The number of nitrogens with zero attached hydrogens (tertiary/aromatic N) is 2. The molecule has 36 heavy (non-hydrogen) atoms. The molecule has 5 rings (SSSR count). The van der Waals surface area contributed by atoms with Crippen LogP contribution in [0, 0.1) is 11.3 Å². The van der Waals surface area contributed by atoms with Crippen molar-refractivity contribution in [2.45, 2.75) is 0 Å². The summed E-state index contributed by atoms with van der Waals surface area (Å²) >= 11 is 1.77. The van der Waals surface area contributed by atoms with E-state index in [-0.39, 0.29) is 0 Å². The zero-order chi connectivity index (χ0) is 24.6. The SMILES string of the molecule is N#CC=Cc1ccc(-c2ccc(C=Cc3ccc(N(c4ccccc4)c4ccccc4)cc3)s2)cc1. The van der Waals surface area contributed by atoms with E-state index in [2.05, 4.69) is 114 Å². The molecular weight excluding hydrogens is 456 g/mol. The smallest absolute Gasteiger partial charge is 0.0912 e. The van der Waals surface area contributed by atoms with Crippen LogP contribution in [-0.4, -0.2) is 0 Å². The fourth-order valence-corrected chi connectivity index (χ4v) is 4.92. The summed E-state index contributed by atoms with van der Waals surface area (Å²) in [5.74, 6) is 0. The number of allylic oxidation sites excluding steroid dienone is 1. The van der Waals surface area contributed by atoms with Crippen LogP contribution in [0.4, 0.5) is 17.1 Å². The van der Waals surface area contributed by atoms with E-state index >= 15 is 0 Å². The van der Waals surface area contributed by atoms with Crippen LogP contribution < -0.4 is 4.90 Å². The molecule has 0 unspecified atom stereocenters. The normalized spacial score (nSPS) is 11.1. The van der Waals surface area contributed by atoms with Crippen LogP contribution in [0.25, 0.3) is 28.7 Å². The summed E-state index contributed by atoms with van der Waals surface area (Å²) in [5.41, 5.74) is 6.75. The first-order valence-corrected chi connectivity index (χ1v) is 12.6. The maximum Gasteiger partial charge on any atom is 0.0912 e. The van der Waals surface area contributed by atoms with Gasteiger partial charge in [0.25, 0.3) is 0 Å². The van der Waals surface area contributed by atoms with Crippen LogP contribution in [-0.2, 0) is 0 Å². The number of rotatable bonds is 7. The highest BCUT2D eigenvalue weighted by Gasteiger charge is 2.11. The summed E-state index contributed by atoms with van der Waals surface area (Å²) in [4.78, 5) is 4.69. The van der Waals surface area contributed by atoms with Crippen LogP contribution in [0.15, 0.2) is 127 Å². The first-order chi connectivity index (χ1) is 17.8. The van der Waals surface area contributed by atoms with Crippen molar-refractivity contribution >= 4 is 46.6 Å². The van der Waals surface area contributed by atoms with Crippen molar-refractivity contribution < 1.29 is 0 Å². The minimum atomic E-state index is 1.03. The molecule has 0 atom stereocenters. The molecule has 3 heteroatoms. The highest BCUT2D eigenvalue weighted by molar-refractivity contribution is 7.16. The molecule has 0 radical (unpaired) electrons. The van der Waals surface area contributed by atoms with E-state index in [1.165, 1.54) is 21.4 Å². The first-order valence-electron chi connectivity index (χ1n) is 11.7. The summed E-state index contributed by atoms with van der Waals surface area (Å²) in [5, 5.41) is 8.68. The quantitative estimate of drug-likeness (QED) is 0.217. The third-order valence-corrected chi connectivity index (χ3v) is 6.89. The molecule has 0 saturated carbocycles. The van der Waals surface area contributed by atoms with Gasteiger partial charge in [-0.1, -0.05) is 78.9 Å². The average molecular weight is 481 g/mol. The number of nitriles is 1. The fourth-order valence-electron chi connectivity index (χ4n) is 4.00. The lowest BCUT2D eigenvalue weighted by molar-refractivity contribution is 1.28. The van der Waals surface area contributed by atoms with Gasteiger partial charge in [0.15, 0.2) is 0 Å². The van der Waals surface area contributed by atoms with Crippen LogP contribution in [0.2, 0.25) is 0 Å². The molecular formula is C33H24N2S. The van der Waals surface area contributed by atoms with Crippen LogP contribution in [0.1, 0.15) is 16.0 Å². The van der Waals surface area contributed by atoms with Crippen molar-refractivity contribution in [2.75, 3.05) is 4.90 Å². The Labute approximate surface area is 216 Å². The van der Waals surface area contributed by atoms with Crippen molar-refractivity contribution in [2.24, 2.45) is 0 Å². The summed E-state index contributed by atoms with van der Waals surface area (Å²) in [7, 11) is 0. The van der Waals surface area contributed by atoms with Gasteiger partial charge >= 0.3 is 0 Å². The fraction of sp³-hybridized carbons (Fsp3) is 0. The lowest BCUT2D eigenvalue weighted by atomic mass is 10.1. The van der Waals surface area contributed by atoms with Crippen molar-refractivity contribution in [3.8, 4) is 16.5 Å². The molecule has 0 N–H and O–H groups in total. The van der Waals surface area contributed by atoms with Gasteiger partial charge in [-0.2, -0.15) is 5.26 Å². The standard InChI is InChI=1S/C33H24N2S/c34-25-7-8-26-13-18-28(19-14-26)33-24-23-32(36-33)22-17-27-15-20-31(21-16-27)35(29-9-3-1-4-10-29)30-11-5-2-6-12-30/h1-24H. The maximum atomic E-state index is 8.68. The Hall–Kier alpha value is -4.65. The van der Waals surface area contributed by atoms with Crippen LogP contribution in [0.5, 0.6) is 0 Å². The summed E-state index contributed by atoms with van der Waals surface area (Å²) in [6.45, 7) is 0. The van der Waals surface area contributed by atoms with Gasteiger partial charge in [-0.3, -0.25) is 0 Å². The van der Waals surface area contributed by atoms with Gasteiger partial charge in [-0.25, -0.2) is 0 Å². The number of benzene rings is 4. The number of thiophene rings is 1. The van der Waals surface area contributed by atoms with E-state index in [1.807, 2.05) is 36.4 Å². The predicted molar refractivity (Wildman–Crippen MR) is 154 cm³/mol. The van der Waals surface area contributed by atoms with E-state index < -0.39 is 0 Å². The molecule has 5 aromatic rings. The summed E-state index contributed by atoms with van der Waals surface area (Å²) in [6.07, 6.45) is 7.64. The summed E-state index contributed by atoms with van der Waals surface area (Å²) in [6, 6.07) is 44.1. The number of anilines is 3. The molecule has 0 bridgehead atoms. The second-order valence-electron chi connectivity index (χ2n) is 8.22. The first kappa shape index (κ1) is 23.1. The molecule has 1 heterocycles. The van der Waals surface area contributed by atoms with Crippen molar-refractivity contribution in [3.63, 3.8) is 0 Å². The van der Waals surface area contributed by atoms with Gasteiger partial charge in [0.1, 0.15) is 0 Å². The van der Waals surface area contributed by atoms with E-state index in [1.54, 1.807) is 11.3 Å². The minimum Gasteiger partial charge on any atom is -0.311 e. The molecule has 0 amide bonds. The second-order valence-corrected chi connectivity index (χ2v) is 9.33. The van der Waals surface area contributed by atoms with Gasteiger partial charge in [-0.15, -0.1) is 11.3 Å². The van der Waals surface area contributed by atoms with Gasteiger partial charge in [0.2, 0.25) is 0 Å². The lowest BCUT2D eigenvalue weighted by Gasteiger charge is -2.25. The Bertz CT molecular complexity index is 1470. The molecule has 0 aliphatic rings. The van der Waals surface area contributed by atoms with Gasteiger partial charge in [0, 0.05) is 32.9 Å². The molecule has 2 nitrogen and oxygen atoms in total. The molecule has 0 saturated heterocycles. The molecule has 172 valence electrons. The van der Waals surface area contributed by atoms with E-state index in [0.717, 1.165) is 28.2 Å². The summed E-state index contributed by atoms with van der Waals surface area (Å²) < 4.78 is 0. The largest absolute Gasteiger partial charge is 0.311 e. The van der Waals surface area contributed by atoms with E-state index in [9.17, 15) is 0 Å². The Balaban J connectivity index is 1.33. The highest BCUT2D eigenvalue weighted by Crippen LogP contribution is 2.34. The molecule has 0 aliphatic carbocycles. The number of para-hydroxylation sites is 2. The Kier molecular flexibility index (Phi) is 7.18. The molecule has 1 aromatic heterocycles. The zero-order valence-corrected chi connectivity index (χ0v) is 20.5. The Morgan fingerprint density at radius 3 is 1.72 bits per heavy atom.